The number of halogens is 2. The van der Waals surface area contributed by atoms with Crippen molar-refractivity contribution in [3.05, 3.63) is 48.0 Å². The molecule has 2 amide bonds. The van der Waals surface area contributed by atoms with Crippen molar-refractivity contribution in [3.63, 3.8) is 0 Å². The number of amides is 2. The van der Waals surface area contributed by atoms with E-state index in [2.05, 4.69) is 15.4 Å². The number of anilines is 2. The molecule has 0 unspecified atom stereocenters. The lowest BCUT2D eigenvalue weighted by atomic mass is 10.1. The highest BCUT2D eigenvalue weighted by atomic mass is 19.3. The van der Waals surface area contributed by atoms with Gasteiger partial charge in [-0.15, -0.1) is 0 Å². The third-order valence-corrected chi connectivity index (χ3v) is 3.49. The van der Waals surface area contributed by atoms with E-state index in [-0.39, 0.29) is 17.2 Å². The minimum Gasteiger partial charge on any atom is -0.479 e. The van der Waals surface area contributed by atoms with E-state index < -0.39 is 18.6 Å². The van der Waals surface area contributed by atoms with Crippen molar-refractivity contribution < 1.29 is 27.8 Å². The highest BCUT2D eigenvalue weighted by Crippen LogP contribution is 2.32. The molecule has 8 heteroatoms. The van der Waals surface area contributed by atoms with Gasteiger partial charge in [0.2, 0.25) is 0 Å². The van der Waals surface area contributed by atoms with Crippen LogP contribution in [0.2, 0.25) is 0 Å². The van der Waals surface area contributed by atoms with Crippen LogP contribution in [0.25, 0.3) is 0 Å². The quantitative estimate of drug-likeness (QED) is 0.889. The molecule has 3 rings (SSSR count). The summed E-state index contributed by atoms with van der Waals surface area (Å²) in [4.78, 5) is 23.9. The molecule has 1 atom stereocenters. The molecule has 6 nitrogen and oxygen atoms in total. The summed E-state index contributed by atoms with van der Waals surface area (Å²) >= 11 is 0. The Labute approximate surface area is 141 Å². The number of benzene rings is 2. The van der Waals surface area contributed by atoms with Crippen molar-refractivity contribution in [3.8, 4) is 11.5 Å². The smallest absolute Gasteiger partial charge is 0.387 e. The summed E-state index contributed by atoms with van der Waals surface area (Å²) < 4.78 is 34.2. The number of hydrogen-bond donors (Lipinski definition) is 2. The first-order valence-corrected chi connectivity index (χ1v) is 7.40. The minimum atomic E-state index is -2.97. The zero-order valence-corrected chi connectivity index (χ0v) is 13.1. The van der Waals surface area contributed by atoms with Crippen molar-refractivity contribution in [2.75, 3.05) is 10.6 Å². The van der Waals surface area contributed by atoms with Gasteiger partial charge < -0.3 is 20.1 Å². The average Bonchev–Trinajstić information content (AvgIpc) is 2.56. The third kappa shape index (κ3) is 3.85. The van der Waals surface area contributed by atoms with E-state index in [1.807, 2.05) is 0 Å². The lowest BCUT2D eigenvalue weighted by Gasteiger charge is -2.23. The van der Waals surface area contributed by atoms with Crippen LogP contribution in [0.15, 0.2) is 42.5 Å². The minimum absolute atomic E-state index is 0.109. The maximum Gasteiger partial charge on any atom is 0.387 e. The van der Waals surface area contributed by atoms with E-state index in [4.69, 9.17) is 4.74 Å². The fourth-order valence-corrected chi connectivity index (χ4v) is 2.30. The van der Waals surface area contributed by atoms with Gasteiger partial charge in [-0.3, -0.25) is 9.59 Å². The largest absolute Gasteiger partial charge is 0.479 e. The van der Waals surface area contributed by atoms with E-state index in [0.717, 1.165) is 0 Å². The summed E-state index contributed by atoms with van der Waals surface area (Å²) in [5.41, 5.74) is 1.02. The maximum absolute atomic E-state index is 12.3. The van der Waals surface area contributed by atoms with E-state index in [1.54, 1.807) is 25.1 Å². The normalized spacial score (nSPS) is 15.8. The zero-order chi connectivity index (χ0) is 18.0. The summed E-state index contributed by atoms with van der Waals surface area (Å²) in [6.45, 7) is -1.34. The number of carbonyl (C=O) groups is 2. The fourth-order valence-electron chi connectivity index (χ4n) is 2.30. The Bertz CT molecular complexity index is 826. The molecule has 0 radical (unpaired) electrons. The first kappa shape index (κ1) is 16.7. The molecule has 1 heterocycles. The van der Waals surface area contributed by atoms with Crippen molar-refractivity contribution in [2.45, 2.75) is 19.6 Å². The van der Waals surface area contributed by atoms with Crippen LogP contribution in [0.5, 0.6) is 11.5 Å². The van der Waals surface area contributed by atoms with Gasteiger partial charge in [0.25, 0.3) is 11.8 Å². The van der Waals surface area contributed by atoms with Crippen LogP contribution in [0.1, 0.15) is 17.3 Å². The second-order valence-corrected chi connectivity index (χ2v) is 5.32. The third-order valence-electron chi connectivity index (χ3n) is 3.49. The van der Waals surface area contributed by atoms with Gasteiger partial charge in [-0.25, -0.2) is 0 Å². The molecular weight excluding hydrogens is 334 g/mol. The van der Waals surface area contributed by atoms with Crippen LogP contribution in [0.3, 0.4) is 0 Å². The summed E-state index contributed by atoms with van der Waals surface area (Å²) in [5, 5.41) is 5.30. The van der Waals surface area contributed by atoms with Crippen molar-refractivity contribution in [1.82, 2.24) is 0 Å². The van der Waals surface area contributed by atoms with Gasteiger partial charge in [-0.05, 0) is 43.3 Å². The fraction of sp³-hybridized carbons (Fsp3) is 0.176. The SMILES string of the molecule is C[C@@H]1Oc2ccc(NC(=O)c3cccc(OC(F)F)c3)cc2NC1=O. The number of ether oxygens (including phenoxy) is 2. The molecule has 1 aliphatic heterocycles. The predicted molar refractivity (Wildman–Crippen MR) is 86.2 cm³/mol. The topological polar surface area (TPSA) is 76.7 Å². The Morgan fingerprint density at radius 1 is 1.28 bits per heavy atom. The first-order valence-electron chi connectivity index (χ1n) is 7.40. The molecule has 0 saturated heterocycles. The molecular formula is C17H14F2N2O4. The standard InChI is InChI=1S/C17H14F2N2O4/c1-9-15(22)21-13-8-11(5-6-14(13)24-9)20-16(23)10-3-2-4-12(7-10)25-17(18)19/h2-9,17H,1H3,(H,20,23)(H,21,22)/t9-/m0/s1. The number of nitrogens with one attached hydrogen (secondary N) is 2. The molecule has 2 aromatic carbocycles. The van der Waals surface area contributed by atoms with Gasteiger partial charge >= 0.3 is 6.61 Å². The highest BCUT2D eigenvalue weighted by Gasteiger charge is 2.23. The highest BCUT2D eigenvalue weighted by molar-refractivity contribution is 6.05. The number of rotatable bonds is 4. The van der Waals surface area contributed by atoms with Gasteiger partial charge in [-0.1, -0.05) is 6.07 Å². The molecule has 2 aromatic rings. The van der Waals surface area contributed by atoms with Crippen LogP contribution in [-0.2, 0) is 4.79 Å². The second kappa shape index (κ2) is 6.76. The summed E-state index contributed by atoms with van der Waals surface area (Å²) in [6, 6.07) is 10.2. The molecule has 0 spiro atoms. The number of hydrogen-bond acceptors (Lipinski definition) is 4. The molecule has 0 aliphatic carbocycles. The molecule has 130 valence electrons. The Morgan fingerprint density at radius 3 is 2.84 bits per heavy atom. The molecule has 0 fully saturated rings. The van der Waals surface area contributed by atoms with Crippen LogP contribution in [-0.4, -0.2) is 24.5 Å². The molecule has 0 saturated carbocycles. The van der Waals surface area contributed by atoms with Gasteiger partial charge in [0.1, 0.15) is 11.5 Å². The van der Waals surface area contributed by atoms with E-state index in [1.165, 1.54) is 24.3 Å². The Hall–Kier alpha value is -3.16. The summed E-state index contributed by atoms with van der Waals surface area (Å²) in [7, 11) is 0. The summed E-state index contributed by atoms with van der Waals surface area (Å²) in [6.07, 6.45) is -0.592. The Balaban J connectivity index is 1.75. The number of alkyl halides is 2. The van der Waals surface area contributed by atoms with Crippen LogP contribution < -0.4 is 20.1 Å². The van der Waals surface area contributed by atoms with Crippen LogP contribution in [0, 0.1) is 0 Å². The Morgan fingerprint density at radius 2 is 2.08 bits per heavy atom. The number of fused-ring (bicyclic) bond motifs is 1. The average molecular weight is 348 g/mol. The zero-order valence-electron chi connectivity index (χ0n) is 13.1. The number of carbonyl (C=O) groups excluding carboxylic acids is 2. The predicted octanol–water partition coefficient (Wildman–Crippen LogP) is 3.26. The van der Waals surface area contributed by atoms with E-state index in [0.29, 0.717) is 17.1 Å². The molecule has 1 aliphatic rings. The molecule has 0 aromatic heterocycles. The lowest BCUT2D eigenvalue weighted by Crippen LogP contribution is -2.34. The second-order valence-electron chi connectivity index (χ2n) is 5.32. The van der Waals surface area contributed by atoms with E-state index in [9.17, 15) is 18.4 Å². The lowest BCUT2D eigenvalue weighted by molar-refractivity contribution is -0.122. The molecule has 2 N–H and O–H groups in total. The monoisotopic (exact) mass is 348 g/mol. The van der Waals surface area contributed by atoms with Gasteiger partial charge in [0.05, 0.1) is 5.69 Å². The first-order chi connectivity index (χ1) is 11.9. The summed E-state index contributed by atoms with van der Waals surface area (Å²) in [5.74, 6) is -0.399. The molecule has 25 heavy (non-hydrogen) atoms. The van der Waals surface area contributed by atoms with E-state index >= 15 is 0 Å². The maximum atomic E-state index is 12.3. The molecule has 0 bridgehead atoms. The van der Waals surface area contributed by atoms with Crippen molar-refractivity contribution in [1.29, 1.82) is 0 Å². The van der Waals surface area contributed by atoms with Gasteiger partial charge in [0, 0.05) is 11.3 Å². The Kier molecular flexibility index (Phi) is 4.51. The van der Waals surface area contributed by atoms with Crippen molar-refractivity contribution in [2.24, 2.45) is 0 Å². The van der Waals surface area contributed by atoms with Gasteiger partial charge in [-0.2, -0.15) is 8.78 Å². The van der Waals surface area contributed by atoms with Crippen LogP contribution >= 0.6 is 0 Å². The van der Waals surface area contributed by atoms with Gasteiger partial charge in [0.15, 0.2) is 6.10 Å². The van der Waals surface area contributed by atoms with Crippen LogP contribution in [0.4, 0.5) is 20.2 Å². The van der Waals surface area contributed by atoms with Crippen molar-refractivity contribution >= 4 is 23.2 Å².